The second-order valence-electron chi connectivity index (χ2n) is 6.56. The van der Waals surface area contributed by atoms with Gasteiger partial charge in [-0.05, 0) is 30.9 Å². The minimum absolute atomic E-state index is 0.226. The quantitative estimate of drug-likeness (QED) is 0.551. The van der Waals surface area contributed by atoms with Crippen molar-refractivity contribution < 1.29 is 28.0 Å². The van der Waals surface area contributed by atoms with Crippen molar-refractivity contribution in [3.05, 3.63) is 40.2 Å². The van der Waals surface area contributed by atoms with Gasteiger partial charge in [-0.15, -0.1) is 4.73 Å². The Morgan fingerprint density at radius 1 is 1.29 bits per heavy atom. The van der Waals surface area contributed by atoms with Crippen molar-refractivity contribution in [2.45, 2.75) is 12.8 Å². The van der Waals surface area contributed by atoms with Gasteiger partial charge >= 0.3 is 0 Å². The Balaban J connectivity index is 1.92. The molecule has 10 nitrogen and oxygen atoms in total. The molecule has 11 heteroatoms. The van der Waals surface area contributed by atoms with E-state index in [4.69, 9.17) is 4.84 Å². The number of pyridine rings is 1. The molecule has 150 valence electrons. The summed E-state index contributed by atoms with van der Waals surface area (Å²) in [5, 5.41) is 12.8. The SMILES string of the molecule is CS(=O)(=O)NC(=O)CNC(=O)c1c(O)c2ccccc2n(OCC2CC2)c1=O. The van der Waals surface area contributed by atoms with Crippen LogP contribution in [-0.2, 0) is 14.8 Å². The number of carbonyl (C=O) groups excluding carboxylic acids is 2. The molecule has 0 bridgehead atoms. The summed E-state index contributed by atoms with van der Waals surface area (Å²) >= 11 is 0. The maximum atomic E-state index is 12.8. The summed E-state index contributed by atoms with van der Waals surface area (Å²) in [5.41, 5.74) is -1.17. The van der Waals surface area contributed by atoms with E-state index in [9.17, 15) is 27.9 Å². The standard InChI is InChI=1S/C17H19N3O7S/c1-28(25,26)19-13(21)8-18-16(23)14-15(22)11-4-2-3-5-12(11)20(17(14)24)27-9-10-6-7-10/h2-5,10,22H,6-9H2,1H3,(H,18,23)(H,19,21). The second kappa shape index (κ2) is 7.50. The molecular formula is C17H19N3O7S. The average Bonchev–Trinajstić information content (AvgIpc) is 3.43. The summed E-state index contributed by atoms with van der Waals surface area (Å²) in [6, 6.07) is 6.38. The van der Waals surface area contributed by atoms with Gasteiger partial charge < -0.3 is 15.3 Å². The average molecular weight is 409 g/mol. The van der Waals surface area contributed by atoms with E-state index in [0.29, 0.717) is 18.0 Å². The molecule has 1 heterocycles. The fourth-order valence-electron chi connectivity index (χ4n) is 2.59. The number of hydrogen-bond donors (Lipinski definition) is 3. The zero-order chi connectivity index (χ0) is 20.5. The zero-order valence-corrected chi connectivity index (χ0v) is 15.8. The third kappa shape index (κ3) is 4.42. The van der Waals surface area contributed by atoms with Crippen LogP contribution >= 0.6 is 0 Å². The van der Waals surface area contributed by atoms with Gasteiger partial charge in [0.05, 0.1) is 18.3 Å². The van der Waals surface area contributed by atoms with E-state index < -0.39 is 45.3 Å². The lowest BCUT2D eigenvalue weighted by molar-refractivity contribution is -0.118. The Labute approximate surface area is 160 Å². The summed E-state index contributed by atoms with van der Waals surface area (Å²) in [7, 11) is -3.78. The first-order chi connectivity index (χ1) is 13.2. The molecule has 0 atom stereocenters. The molecule has 2 amide bonds. The van der Waals surface area contributed by atoms with Crippen molar-refractivity contribution in [2.75, 3.05) is 19.4 Å². The maximum Gasteiger partial charge on any atom is 0.300 e. The van der Waals surface area contributed by atoms with Crippen LogP contribution in [0.3, 0.4) is 0 Å². The van der Waals surface area contributed by atoms with Crippen LogP contribution in [0, 0.1) is 5.92 Å². The smallest absolute Gasteiger partial charge is 0.300 e. The number of hydrogen-bond acceptors (Lipinski definition) is 7. The number of carbonyl (C=O) groups is 2. The highest BCUT2D eigenvalue weighted by Crippen LogP contribution is 2.29. The number of benzene rings is 1. The Morgan fingerprint density at radius 2 is 1.96 bits per heavy atom. The minimum Gasteiger partial charge on any atom is -0.506 e. The van der Waals surface area contributed by atoms with E-state index in [1.54, 1.807) is 22.9 Å². The minimum atomic E-state index is -3.78. The molecule has 0 radical (unpaired) electrons. The number of nitrogens with one attached hydrogen (secondary N) is 2. The van der Waals surface area contributed by atoms with E-state index in [1.165, 1.54) is 6.07 Å². The van der Waals surface area contributed by atoms with Crippen molar-refractivity contribution in [1.29, 1.82) is 0 Å². The fraction of sp³-hybridized carbons (Fsp3) is 0.353. The van der Waals surface area contributed by atoms with Gasteiger partial charge in [0.25, 0.3) is 17.4 Å². The number of sulfonamides is 1. The lowest BCUT2D eigenvalue weighted by Gasteiger charge is -2.15. The van der Waals surface area contributed by atoms with E-state index in [2.05, 4.69) is 5.32 Å². The third-order valence-electron chi connectivity index (χ3n) is 4.09. The Morgan fingerprint density at radius 3 is 2.61 bits per heavy atom. The molecular weight excluding hydrogens is 390 g/mol. The third-order valence-corrected chi connectivity index (χ3v) is 4.68. The van der Waals surface area contributed by atoms with Crippen LogP contribution in [0.1, 0.15) is 23.2 Å². The maximum absolute atomic E-state index is 12.8. The largest absolute Gasteiger partial charge is 0.506 e. The number of nitrogens with zero attached hydrogens (tertiary/aromatic N) is 1. The number of fused-ring (bicyclic) bond motifs is 1. The molecule has 3 rings (SSSR count). The van der Waals surface area contributed by atoms with Crippen LogP contribution in [0.25, 0.3) is 10.9 Å². The monoisotopic (exact) mass is 409 g/mol. The number of rotatable bonds is 7. The molecule has 1 saturated carbocycles. The van der Waals surface area contributed by atoms with E-state index in [0.717, 1.165) is 23.8 Å². The van der Waals surface area contributed by atoms with Gasteiger partial charge in [0, 0.05) is 5.39 Å². The van der Waals surface area contributed by atoms with Gasteiger partial charge in [0.2, 0.25) is 10.0 Å². The van der Waals surface area contributed by atoms with Gasteiger partial charge in [-0.3, -0.25) is 19.1 Å². The predicted molar refractivity (Wildman–Crippen MR) is 99.4 cm³/mol. The number of aromatic hydroxyl groups is 1. The Hall–Kier alpha value is -3.08. The van der Waals surface area contributed by atoms with Crippen molar-refractivity contribution in [2.24, 2.45) is 5.92 Å². The molecule has 0 spiro atoms. The lowest BCUT2D eigenvalue weighted by atomic mass is 10.1. The summed E-state index contributed by atoms with van der Waals surface area (Å²) in [6.07, 6.45) is 2.78. The molecule has 0 aliphatic heterocycles. The zero-order valence-electron chi connectivity index (χ0n) is 15.0. The normalized spacial score (nSPS) is 13.9. The van der Waals surface area contributed by atoms with Gasteiger partial charge in [0.1, 0.15) is 17.9 Å². The molecule has 2 aromatic rings. The number of para-hydroxylation sites is 1. The van der Waals surface area contributed by atoms with E-state index in [-0.39, 0.29) is 5.39 Å². The van der Waals surface area contributed by atoms with Crippen LogP contribution in [0.4, 0.5) is 0 Å². The molecule has 1 aliphatic carbocycles. The highest BCUT2D eigenvalue weighted by molar-refractivity contribution is 7.89. The van der Waals surface area contributed by atoms with Gasteiger partial charge in [-0.2, -0.15) is 0 Å². The van der Waals surface area contributed by atoms with Gasteiger partial charge in [-0.25, -0.2) is 8.42 Å². The summed E-state index contributed by atoms with van der Waals surface area (Å²) < 4.78 is 24.7. The van der Waals surface area contributed by atoms with Crippen LogP contribution in [0.5, 0.6) is 5.75 Å². The first-order valence-corrected chi connectivity index (χ1v) is 10.4. The summed E-state index contributed by atoms with van der Waals surface area (Å²) in [6.45, 7) is -0.396. The van der Waals surface area contributed by atoms with Crippen LogP contribution in [0.15, 0.2) is 29.1 Å². The second-order valence-corrected chi connectivity index (χ2v) is 8.31. The van der Waals surface area contributed by atoms with Crippen LogP contribution in [0.2, 0.25) is 0 Å². The first kappa shape index (κ1) is 19.7. The topological polar surface area (TPSA) is 144 Å². The summed E-state index contributed by atoms with van der Waals surface area (Å²) in [4.78, 5) is 42.3. The highest BCUT2D eigenvalue weighted by atomic mass is 32.2. The molecule has 0 saturated heterocycles. The van der Waals surface area contributed by atoms with Crippen molar-refractivity contribution in [3.8, 4) is 5.75 Å². The molecule has 1 fully saturated rings. The Bertz CT molecular complexity index is 1100. The van der Waals surface area contributed by atoms with Crippen molar-refractivity contribution >= 4 is 32.7 Å². The van der Waals surface area contributed by atoms with E-state index in [1.807, 2.05) is 0 Å². The van der Waals surface area contributed by atoms with Crippen LogP contribution in [-0.4, -0.2) is 49.5 Å². The number of amides is 2. The van der Waals surface area contributed by atoms with Crippen LogP contribution < -0.4 is 20.4 Å². The molecule has 1 aromatic heterocycles. The number of aromatic nitrogens is 1. The molecule has 0 unspecified atom stereocenters. The van der Waals surface area contributed by atoms with Gasteiger partial charge in [0.15, 0.2) is 0 Å². The van der Waals surface area contributed by atoms with Crippen molar-refractivity contribution in [1.82, 2.24) is 14.8 Å². The molecule has 28 heavy (non-hydrogen) atoms. The predicted octanol–water partition coefficient (Wildman–Crippen LogP) is -0.649. The highest BCUT2D eigenvalue weighted by Gasteiger charge is 2.26. The molecule has 1 aliphatic rings. The fourth-order valence-corrected chi connectivity index (χ4v) is 3.07. The lowest BCUT2D eigenvalue weighted by Crippen LogP contribution is -2.42. The first-order valence-electron chi connectivity index (χ1n) is 8.46. The van der Waals surface area contributed by atoms with Crippen molar-refractivity contribution in [3.63, 3.8) is 0 Å². The van der Waals surface area contributed by atoms with E-state index >= 15 is 0 Å². The van der Waals surface area contributed by atoms with Gasteiger partial charge in [-0.1, -0.05) is 12.1 Å². The Kier molecular flexibility index (Phi) is 5.27. The molecule has 1 aromatic carbocycles. The molecule has 3 N–H and O–H groups in total. The summed E-state index contributed by atoms with van der Waals surface area (Å²) in [5.74, 6) is -2.22.